The van der Waals surface area contributed by atoms with Crippen molar-refractivity contribution in [3.05, 3.63) is 29.0 Å². The summed E-state index contributed by atoms with van der Waals surface area (Å²) in [7, 11) is 0. The first-order chi connectivity index (χ1) is 5.93. The Morgan fingerprint density at radius 2 is 1.85 bits per heavy atom. The molecule has 0 N–H and O–H groups in total. The molecule has 0 heterocycles. The summed E-state index contributed by atoms with van der Waals surface area (Å²) in [4.78, 5) is 10.3. The highest BCUT2D eigenvalue weighted by Gasteiger charge is 2.17. The zero-order valence-corrected chi connectivity index (χ0v) is 9.14. The van der Waals surface area contributed by atoms with Crippen LogP contribution in [0.25, 0.3) is 0 Å². The monoisotopic (exact) mass is 178 g/mol. The Labute approximate surface area is 80.8 Å². The number of carbonyl (C=O) groups excluding carboxylic acids is 1. The van der Waals surface area contributed by atoms with Crippen molar-refractivity contribution >= 4 is 6.29 Å². The van der Waals surface area contributed by atoms with Gasteiger partial charge in [-0.1, -0.05) is 20.8 Å². The van der Waals surface area contributed by atoms with Gasteiger partial charge in [0.05, 0.1) is 0 Å². The number of hydrogen-bond donors (Lipinski definition) is 0. The second-order valence-corrected chi connectivity index (χ2v) is 4.04. The maximum absolute atomic E-state index is 10.3. The highest BCUT2D eigenvalue weighted by atomic mass is 16.1. The van der Waals surface area contributed by atoms with Crippen LogP contribution < -0.4 is 0 Å². The second kappa shape index (κ2) is 4.84. The molecule has 0 rings (SSSR count). The number of allylic oxidation sites excluding steroid dienone is 3. The maximum Gasteiger partial charge on any atom is 0.143 e. The van der Waals surface area contributed by atoms with Crippen LogP contribution in [-0.4, -0.2) is 6.29 Å². The Kier molecular flexibility index (Phi) is 4.44. The first-order valence-electron chi connectivity index (χ1n) is 4.47. The third-order valence-electron chi connectivity index (χ3n) is 1.75. The standard InChI is InChI=1S/C12H18O/c1-6-7-11(12(3,4)5)10(2)8-9-13/h6,8-9H,1-5H3/b10-8+. The molecule has 0 aliphatic heterocycles. The lowest BCUT2D eigenvalue weighted by molar-refractivity contribution is -0.104. The topological polar surface area (TPSA) is 17.1 Å². The molecule has 13 heavy (non-hydrogen) atoms. The van der Waals surface area contributed by atoms with Gasteiger partial charge in [0.25, 0.3) is 0 Å². The average molecular weight is 178 g/mol. The summed E-state index contributed by atoms with van der Waals surface area (Å²) >= 11 is 0. The van der Waals surface area contributed by atoms with Gasteiger partial charge < -0.3 is 0 Å². The van der Waals surface area contributed by atoms with Crippen molar-refractivity contribution < 1.29 is 4.79 Å². The zero-order chi connectivity index (χ0) is 10.5. The summed E-state index contributed by atoms with van der Waals surface area (Å²) in [6.45, 7) is 10.2. The molecule has 0 unspecified atom stereocenters. The molecule has 1 heteroatoms. The van der Waals surface area contributed by atoms with E-state index in [1.807, 2.05) is 19.9 Å². The van der Waals surface area contributed by atoms with Gasteiger partial charge in [-0.3, -0.25) is 4.79 Å². The number of aldehydes is 1. The van der Waals surface area contributed by atoms with E-state index >= 15 is 0 Å². The van der Waals surface area contributed by atoms with Crippen molar-refractivity contribution in [1.82, 2.24) is 0 Å². The Morgan fingerprint density at radius 3 is 2.15 bits per heavy atom. The van der Waals surface area contributed by atoms with E-state index in [-0.39, 0.29) is 5.41 Å². The Morgan fingerprint density at radius 1 is 1.31 bits per heavy atom. The van der Waals surface area contributed by atoms with Gasteiger partial charge >= 0.3 is 0 Å². The predicted octanol–water partition coefficient (Wildman–Crippen LogP) is 3.28. The Bertz CT molecular complexity index is 268. The summed E-state index contributed by atoms with van der Waals surface area (Å²) in [6, 6.07) is 0. The lowest BCUT2D eigenvalue weighted by Crippen LogP contribution is -2.09. The fourth-order valence-corrected chi connectivity index (χ4v) is 1.25. The van der Waals surface area contributed by atoms with Crippen LogP contribution in [-0.2, 0) is 4.79 Å². The lowest BCUT2D eigenvalue weighted by Gasteiger charge is -2.21. The molecule has 0 aliphatic rings. The van der Waals surface area contributed by atoms with Crippen LogP contribution in [0.15, 0.2) is 29.0 Å². The van der Waals surface area contributed by atoms with Gasteiger partial charge in [-0.15, -0.1) is 5.73 Å². The third kappa shape index (κ3) is 3.91. The molecular weight excluding hydrogens is 160 g/mol. The van der Waals surface area contributed by atoms with E-state index in [1.54, 1.807) is 6.08 Å². The Hall–Kier alpha value is -1.07. The molecule has 0 aromatic heterocycles. The molecule has 0 aromatic carbocycles. The highest BCUT2D eigenvalue weighted by Crippen LogP contribution is 2.29. The van der Waals surface area contributed by atoms with E-state index < -0.39 is 0 Å². The highest BCUT2D eigenvalue weighted by molar-refractivity contribution is 5.68. The van der Waals surface area contributed by atoms with Crippen LogP contribution in [0.4, 0.5) is 0 Å². The first kappa shape index (κ1) is 11.9. The quantitative estimate of drug-likeness (QED) is 0.274. The van der Waals surface area contributed by atoms with Crippen LogP contribution in [0.2, 0.25) is 0 Å². The molecular formula is C12H18O. The molecule has 0 spiro atoms. The minimum absolute atomic E-state index is 0.0378. The number of rotatable bonds is 2. The summed E-state index contributed by atoms with van der Waals surface area (Å²) in [5.41, 5.74) is 5.28. The van der Waals surface area contributed by atoms with Crippen LogP contribution in [0.5, 0.6) is 0 Å². The van der Waals surface area contributed by atoms with Gasteiger partial charge in [-0.25, -0.2) is 0 Å². The van der Waals surface area contributed by atoms with E-state index in [0.29, 0.717) is 0 Å². The van der Waals surface area contributed by atoms with Crippen molar-refractivity contribution in [3.63, 3.8) is 0 Å². The molecule has 0 atom stereocenters. The van der Waals surface area contributed by atoms with Crippen LogP contribution in [0.3, 0.4) is 0 Å². The van der Waals surface area contributed by atoms with Crippen molar-refractivity contribution in [2.75, 3.05) is 0 Å². The van der Waals surface area contributed by atoms with Crippen molar-refractivity contribution in [2.24, 2.45) is 5.41 Å². The molecule has 0 amide bonds. The molecule has 72 valence electrons. The van der Waals surface area contributed by atoms with Crippen LogP contribution >= 0.6 is 0 Å². The summed E-state index contributed by atoms with van der Waals surface area (Å²) in [5.74, 6) is 0. The van der Waals surface area contributed by atoms with Crippen molar-refractivity contribution in [2.45, 2.75) is 34.6 Å². The molecule has 0 bridgehead atoms. The fraction of sp³-hybridized carbons (Fsp3) is 0.500. The fourth-order valence-electron chi connectivity index (χ4n) is 1.25. The summed E-state index contributed by atoms with van der Waals surface area (Å²) in [5, 5.41) is 0. The molecule has 0 saturated heterocycles. The smallest absolute Gasteiger partial charge is 0.143 e. The van der Waals surface area contributed by atoms with Crippen molar-refractivity contribution in [3.8, 4) is 0 Å². The van der Waals surface area contributed by atoms with Crippen molar-refractivity contribution in [1.29, 1.82) is 0 Å². The van der Waals surface area contributed by atoms with Crippen LogP contribution in [0.1, 0.15) is 34.6 Å². The lowest BCUT2D eigenvalue weighted by atomic mass is 9.83. The van der Waals surface area contributed by atoms with Crippen LogP contribution in [0, 0.1) is 5.41 Å². The van der Waals surface area contributed by atoms with Gasteiger partial charge in [-0.2, -0.15) is 0 Å². The third-order valence-corrected chi connectivity index (χ3v) is 1.75. The second-order valence-electron chi connectivity index (χ2n) is 4.04. The van der Waals surface area contributed by atoms with Gasteiger partial charge in [0.1, 0.15) is 6.29 Å². The first-order valence-corrected chi connectivity index (χ1v) is 4.47. The van der Waals surface area contributed by atoms with Gasteiger partial charge in [0.15, 0.2) is 0 Å². The van der Waals surface area contributed by atoms with Gasteiger partial charge in [0.2, 0.25) is 0 Å². The van der Waals surface area contributed by atoms with Gasteiger partial charge in [0, 0.05) is 5.57 Å². The molecule has 0 aromatic rings. The SMILES string of the molecule is CC=C=C(/C(C)=C/C=O)C(C)(C)C. The summed E-state index contributed by atoms with van der Waals surface area (Å²) in [6.07, 6.45) is 4.28. The maximum atomic E-state index is 10.3. The van der Waals surface area contributed by atoms with E-state index in [0.717, 1.165) is 17.4 Å². The minimum atomic E-state index is 0.0378. The number of hydrogen-bond acceptors (Lipinski definition) is 1. The van der Waals surface area contributed by atoms with E-state index in [2.05, 4.69) is 26.5 Å². The molecule has 0 aliphatic carbocycles. The number of carbonyl (C=O) groups is 1. The summed E-state index contributed by atoms with van der Waals surface area (Å²) < 4.78 is 0. The molecule has 0 radical (unpaired) electrons. The Balaban J connectivity index is 5.20. The normalized spacial score (nSPS) is 11.9. The average Bonchev–Trinajstić information content (AvgIpc) is 1.98. The van der Waals surface area contributed by atoms with E-state index in [1.165, 1.54) is 0 Å². The minimum Gasteiger partial charge on any atom is -0.299 e. The molecule has 0 saturated carbocycles. The molecule has 1 nitrogen and oxygen atoms in total. The largest absolute Gasteiger partial charge is 0.299 e. The zero-order valence-electron chi connectivity index (χ0n) is 9.14. The van der Waals surface area contributed by atoms with E-state index in [9.17, 15) is 4.79 Å². The van der Waals surface area contributed by atoms with E-state index in [4.69, 9.17) is 0 Å². The van der Waals surface area contributed by atoms with Gasteiger partial charge in [-0.05, 0) is 37.0 Å². The molecule has 0 fully saturated rings. The predicted molar refractivity (Wildman–Crippen MR) is 56.5 cm³/mol.